The molecule has 4 nitrogen and oxygen atoms in total. The van der Waals surface area contributed by atoms with Crippen molar-refractivity contribution in [2.75, 3.05) is 0 Å². The highest BCUT2D eigenvalue weighted by Gasteiger charge is 2.60. The summed E-state index contributed by atoms with van der Waals surface area (Å²) in [5.74, 6) is 1.65. The highest BCUT2D eigenvalue weighted by molar-refractivity contribution is 5.67. The van der Waals surface area contributed by atoms with Crippen LogP contribution in [0.25, 0.3) is 0 Å². The van der Waals surface area contributed by atoms with Crippen molar-refractivity contribution in [3.8, 4) is 0 Å². The molecule has 138 valence electrons. The highest BCUT2D eigenvalue weighted by Crippen LogP contribution is 2.65. The van der Waals surface area contributed by atoms with E-state index in [1.165, 1.54) is 6.92 Å². The summed E-state index contributed by atoms with van der Waals surface area (Å²) in [5.41, 5.74) is -0.0933. The fourth-order valence-electron chi connectivity index (χ4n) is 6.46. The molecule has 0 aromatic heterocycles. The third-order valence-electron chi connectivity index (χ3n) is 7.95. The summed E-state index contributed by atoms with van der Waals surface area (Å²) < 4.78 is 5.71. The lowest BCUT2D eigenvalue weighted by atomic mass is 9.48. The van der Waals surface area contributed by atoms with Crippen LogP contribution in [0.1, 0.15) is 52.9 Å². The van der Waals surface area contributed by atoms with E-state index in [1.54, 1.807) is 0 Å². The fraction of sp³-hybridized carbons (Fsp3) is 0.762. The molecule has 0 amide bonds. The SMILES string of the molecule is CC(=O)OC1=CC2CC(O)C=C[C@]2(C)[C@H]2CC[C@]3(C)[C@@H](O)CC[C@H]3[C@H]12. The molecule has 4 heteroatoms. The van der Waals surface area contributed by atoms with Crippen LogP contribution in [-0.4, -0.2) is 28.4 Å². The van der Waals surface area contributed by atoms with Crippen molar-refractivity contribution >= 4 is 5.97 Å². The lowest BCUT2D eigenvalue weighted by Gasteiger charge is -2.57. The Morgan fingerprint density at radius 3 is 2.68 bits per heavy atom. The smallest absolute Gasteiger partial charge is 0.307 e. The Morgan fingerprint density at radius 2 is 1.96 bits per heavy atom. The number of ether oxygens (including phenoxy) is 1. The van der Waals surface area contributed by atoms with Gasteiger partial charge in [0, 0.05) is 12.8 Å². The Labute approximate surface area is 149 Å². The zero-order valence-corrected chi connectivity index (χ0v) is 15.4. The summed E-state index contributed by atoms with van der Waals surface area (Å²) in [5, 5.41) is 20.7. The molecule has 0 bridgehead atoms. The molecule has 0 radical (unpaired) electrons. The second-order valence-electron chi connectivity index (χ2n) is 9.17. The zero-order chi connectivity index (χ0) is 18.0. The van der Waals surface area contributed by atoms with Gasteiger partial charge in [0.05, 0.1) is 12.2 Å². The molecule has 2 saturated carbocycles. The van der Waals surface area contributed by atoms with Gasteiger partial charge >= 0.3 is 5.97 Å². The summed E-state index contributed by atoms with van der Waals surface area (Å²) >= 11 is 0. The van der Waals surface area contributed by atoms with Crippen molar-refractivity contribution in [1.29, 1.82) is 0 Å². The van der Waals surface area contributed by atoms with Crippen LogP contribution in [0.5, 0.6) is 0 Å². The predicted octanol–water partition coefficient (Wildman–Crippen LogP) is 3.19. The molecule has 0 aromatic carbocycles. The number of aliphatic hydroxyl groups excluding tert-OH is 2. The van der Waals surface area contributed by atoms with E-state index in [1.807, 2.05) is 6.08 Å². The maximum absolute atomic E-state index is 11.8. The van der Waals surface area contributed by atoms with Crippen LogP contribution in [0.3, 0.4) is 0 Å². The first-order chi connectivity index (χ1) is 11.8. The van der Waals surface area contributed by atoms with Crippen molar-refractivity contribution in [1.82, 2.24) is 0 Å². The largest absolute Gasteiger partial charge is 0.431 e. The predicted molar refractivity (Wildman–Crippen MR) is 94.3 cm³/mol. The zero-order valence-electron chi connectivity index (χ0n) is 15.4. The molecule has 4 aliphatic rings. The van der Waals surface area contributed by atoms with Gasteiger partial charge in [0.15, 0.2) is 0 Å². The summed E-state index contributed by atoms with van der Waals surface area (Å²) in [6.45, 7) is 5.98. The normalized spacial score (nSPS) is 51.2. The first kappa shape index (κ1) is 17.3. The first-order valence-electron chi connectivity index (χ1n) is 9.71. The summed E-state index contributed by atoms with van der Waals surface area (Å²) in [6.07, 6.45) is 10.1. The molecule has 0 spiro atoms. The van der Waals surface area contributed by atoms with Crippen LogP contribution in [0.2, 0.25) is 0 Å². The van der Waals surface area contributed by atoms with E-state index in [-0.39, 0.29) is 34.7 Å². The summed E-state index contributed by atoms with van der Waals surface area (Å²) in [7, 11) is 0. The second-order valence-corrected chi connectivity index (χ2v) is 9.17. The Balaban J connectivity index is 1.79. The monoisotopic (exact) mass is 346 g/mol. The number of fused-ring (bicyclic) bond motifs is 5. The van der Waals surface area contributed by atoms with Crippen molar-refractivity contribution in [2.45, 2.75) is 65.1 Å². The van der Waals surface area contributed by atoms with Crippen molar-refractivity contribution in [3.05, 3.63) is 24.0 Å². The lowest BCUT2D eigenvalue weighted by molar-refractivity contribution is -0.142. The van der Waals surface area contributed by atoms with E-state index in [0.29, 0.717) is 18.3 Å². The van der Waals surface area contributed by atoms with Crippen molar-refractivity contribution in [2.24, 2.45) is 34.5 Å². The van der Waals surface area contributed by atoms with Crippen LogP contribution in [0, 0.1) is 34.5 Å². The Hall–Kier alpha value is -1.13. The number of esters is 1. The summed E-state index contributed by atoms with van der Waals surface area (Å²) in [6, 6.07) is 0. The van der Waals surface area contributed by atoms with Gasteiger partial charge in [0.1, 0.15) is 5.76 Å². The quantitative estimate of drug-likeness (QED) is 0.565. The van der Waals surface area contributed by atoms with Gasteiger partial charge in [0.2, 0.25) is 0 Å². The van der Waals surface area contributed by atoms with Gasteiger partial charge in [-0.1, -0.05) is 26.0 Å². The van der Waals surface area contributed by atoms with Gasteiger partial charge in [-0.15, -0.1) is 0 Å². The minimum atomic E-state index is -0.424. The molecule has 2 fully saturated rings. The third-order valence-corrected chi connectivity index (χ3v) is 7.95. The van der Waals surface area contributed by atoms with Gasteiger partial charge in [-0.2, -0.15) is 0 Å². The maximum atomic E-state index is 11.8. The molecular formula is C21H30O4. The molecule has 0 heterocycles. The first-order valence-corrected chi connectivity index (χ1v) is 9.71. The fourth-order valence-corrected chi connectivity index (χ4v) is 6.46. The van der Waals surface area contributed by atoms with E-state index >= 15 is 0 Å². The van der Waals surface area contributed by atoms with Gasteiger partial charge in [-0.25, -0.2) is 0 Å². The molecule has 4 aliphatic carbocycles. The Kier molecular flexibility index (Phi) is 3.93. The topological polar surface area (TPSA) is 66.8 Å². The third kappa shape index (κ3) is 2.44. The number of carbonyl (C=O) groups excluding carboxylic acids is 1. The lowest BCUT2D eigenvalue weighted by Crippen LogP contribution is -2.53. The van der Waals surface area contributed by atoms with Crippen LogP contribution in [0.4, 0.5) is 0 Å². The van der Waals surface area contributed by atoms with Gasteiger partial charge in [0.25, 0.3) is 0 Å². The number of hydrogen-bond donors (Lipinski definition) is 2. The van der Waals surface area contributed by atoms with Gasteiger partial charge in [-0.3, -0.25) is 4.79 Å². The molecule has 0 aliphatic heterocycles. The molecule has 2 N–H and O–H groups in total. The number of allylic oxidation sites excluding steroid dienone is 3. The van der Waals surface area contributed by atoms with Gasteiger partial charge in [-0.05, 0) is 66.8 Å². The Bertz CT molecular complexity index is 638. The minimum Gasteiger partial charge on any atom is -0.431 e. The summed E-state index contributed by atoms with van der Waals surface area (Å²) in [4.78, 5) is 11.8. The van der Waals surface area contributed by atoms with Crippen LogP contribution in [-0.2, 0) is 9.53 Å². The van der Waals surface area contributed by atoms with E-state index < -0.39 is 6.10 Å². The average Bonchev–Trinajstić information content (AvgIpc) is 2.84. The van der Waals surface area contributed by atoms with E-state index in [0.717, 1.165) is 31.4 Å². The van der Waals surface area contributed by atoms with Gasteiger partial charge < -0.3 is 14.9 Å². The molecule has 2 unspecified atom stereocenters. The number of rotatable bonds is 1. The number of hydrogen-bond acceptors (Lipinski definition) is 4. The van der Waals surface area contributed by atoms with Crippen molar-refractivity contribution in [3.63, 3.8) is 0 Å². The molecule has 0 saturated heterocycles. The molecular weight excluding hydrogens is 316 g/mol. The minimum absolute atomic E-state index is 0.0115. The highest BCUT2D eigenvalue weighted by atomic mass is 16.5. The number of aliphatic hydroxyl groups is 2. The van der Waals surface area contributed by atoms with Crippen molar-refractivity contribution < 1.29 is 19.7 Å². The van der Waals surface area contributed by atoms with Crippen LogP contribution < -0.4 is 0 Å². The number of carbonyl (C=O) groups is 1. The second kappa shape index (κ2) is 5.68. The van der Waals surface area contributed by atoms with E-state index in [9.17, 15) is 15.0 Å². The maximum Gasteiger partial charge on any atom is 0.307 e. The molecule has 8 atom stereocenters. The standard InChI is InChI=1S/C21H30O4/c1-12(22)25-17-11-13-10-14(23)6-8-20(13,2)16-7-9-21(3)15(19(16)17)4-5-18(21)24/h6,8,11,13-16,18-19,23-24H,4-5,7,9-10H2,1-3H3/t13?,14?,15-,16-,18-,19-,20-,21-/m0/s1. The molecule has 0 aromatic rings. The van der Waals surface area contributed by atoms with Crippen LogP contribution in [0.15, 0.2) is 24.0 Å². The van der Waals surface area contributed by atoms with E-state index in [2.05, 4.69) is 26.0 Å². The van der Waals surface area contributed by atoms with Crippen LogP contribution >= 0.6 is 0 Å². The molecule has 25 heavy (non-hydrogen) atoms. The average molecular weight is 346 g/mol. The Morgan fingerprint density at radius 1 is 1.20 bits per heavy atom. The molecule has 4 rings (SSSR count). The van der Waals surface area contributed by atoms with E-state index in [4.69, 9.17) is 4.74 Å².